The third-order valence-electron chi connectivity index (χ3n) is 1.61. The summed E-state index contributed by atoms with van der Waals surface area (Å²) in [6.07, 6.45) is 0.391. The number of Topliss-reactive ketones (excluding diaryl/α,β-unsaturated/α-hetero) is 1. The van der Waals surface area contributed by atoms with Crippen LogP contribution in [0.1, 0.15) is 5.56 Å². The zero-order valence-corrected chi connectivity index (χ0v) is 9.80. The van der Waals surface area contributed by atoms with E-state index in [0.29, 0.717) is 12.1 Å². The first kappa shape index (κ1) is 10.8. The number of nitrogen functional groups attached to an aromatic ring is 1. The monoisotopic (exact) mass is 309 g/mol. The Morgan fingerprint density at radius 2 is 2.23 bits per heavy atom. The first-order chi connectivity index (χ1) is 6.13. The number of nitrogens with two attached hydrogens (primary N) is 1. The third-order valence-corrected chi connectivity index (χ3v) is 2.92. The molecule has 0 bridgehead atoms. The Morgan fingerprint density at radius 3 is 2.77 bits per heavy atom. The molecule has 0 aliphatic heterocycles. The van der Waals surface area contributed by atoms with Crippen LogP contribution in [0.15, 0.2) is 18.2 Å². The van der Waals surface area contributed by atoms with E-state index in [-0.39, 0.29) is 11.7 Å². The van der Waals surface area contributed by atoms with Crippen LogP contribution in [0.25, 0.3) is 0 Å². The summed E-state index contributed by atoms with van der Waals surface area (Å²) in [5.41, 5.74) is 7.28. The van der Waals surface area contributed by atoms with Gasteiger partial charge >= 0.3 is 0 Å². The second kappa shape index (κ2) is 4.81. The minimum Gasteiger partial charge on any atom is -0.399 e. The Labute approximate surface area is 95.6 Å². The van der Waals surface area contributed by atoms with Gasteiger partial charge in [-0.25, -0.2) is 0 Å². The maximum absolute atomic E-state index is 11.1. The highest BCUT2D eigenvalue weighted by atomic mass is 127. The number of ketones is 1. The van der Waals surface area contributed by atoms with Crippen molar-refractivity contribution in [3.63, 3.8) is 0 Å². The van der Waals surface area contributed by atoms with Crippen LogP contribution < -0.4 is 5.73 Å². The van der Waals surface area contributed by atoms with Crippen molar-refractivity contribution < 1.29 is 4.79 Å². The molecule has 2 N–H and O–H groups in total. The topological polar surface area (TPSA) is 43.1 Å². The van der Waals surface area contributed by atoms with Gasteiger partial charge in [-0.15, -0.1) is 11.6 Å². The number of carbonyl (C=O) groups excluding carboxylic acids is 1. The first-order valence-electron chi connectivity index (χ1n) is 3.75. The van der Waals surface area contributed by atoms with Gasteiger partial charge in [0.25, 0.3) is 0 Å². The fraction of sp³-hybridized carbons (Fsp3) is 0.222. The summed E-state index contributed by atoms with van der Waals surface area (Å²) in [5, 5.41) is 0. The lowest BCUT2D eigenvalue weighted by atomic mass is 10.1. The van der Waals surface area contributed by atoms with E-state index in [1.54, 1.807) is 6.07 Å². The van der Waals surface area contributed by atoms with Crippen LogP contribution in [0.3, 0.4) is 0 Å². The maximum Gasteiger partial charge on any atom is 0.151 e. The van der Waals surface area contributed by atoms with Crippen LogP contribution in [0.2, 0.25) is 0 Å². The molecule has 1 rings (SSSR count). The molecule has 1 aromatic rings. The van der Waals surface area contributed by atoms with Crippen LogP contribution >= 0.6 is 34.2 Å². The molecule has 4 heteroatoms. The summed E-state index contributed by atoms with van der Waals surface area (Å²) in [5.74, 6) is 0.102. The minimum absolute atomic E-state index is 0.0318. The lowest BCUT2D eigenvalue weighted by molar-refractivity contribution is -0.116. The van der Waals surface area contributed by atoms with Gasteiger partial charge in [0.05, 0.1) is 5.88 Å². The number of rotatable bonds is 3. The van der Waals surface area contributed by atoms with Crippen molar-refractivity contribution in [2.45, 2.75) is 6.42 Å². The molecule has 0 saturated carbocycles. The van der Waals surface area contributed by atoms with Gasteiger partial charge in [-0.2, -0.15) is 0 Å². The molecule has 13 heavy (non-hydrogen) atoms. The second-order valence-corrected chi connectivity index (χ2v) is 4.13. The van der Waals surface area contributed by atoms with Gasteiger partial charge in [-0.3, -0.25) is 4.79 Å². The maximum atomic E-state index is 11.1. The number of anilines is 1. The molecule has 0 aromatic heterocycles. The van der Waals surface area contributed by atoms with E-state index in [9.17, 15) is 4.79 Å². The van der Waals surface area contributed by atoms with Gasteiger partial charge in [0, 0.05) is 15.7 Å². The SMILES string of the molecule is Nc1ccc(CC(=O)CCl)c(I)c1. The average molecular weight is 310 g/mol. The molecule has 1 aromatic carbocycles. The normalized spacial score (nSPS) is 10.0. The van der Waals surface area contributed by atoms with Crippen molar-refractivity contribution in [1.82, 2.24) is 0 Å². The fourth-order valence-corrected chi connectivity index (χ4v) is 1.79. The largest absolute Gasteiger partial charge is 0.399 e. The van der Waals surface area contributed by atoms with Gasteiger partial charge in [0.2, 0.25) is 0 Å². The van der Waals surface area contributed by atoms with Crippen molar-refractivity contribution in [2.75, 3.05) is 11.6 Å². The minimum atomic E-state index is 0.0318. The lowest BCUT2D eigenvalue weighted by Gasteiger charge is -2.03. The molecule has 0 atom stereocenters. The number of benzene rings is 1. The Kier molecular flexibility index (Phi) is 3.99. The van der Waals surface area contributed by atoms with Crippen molar-refractivity contribution in [1.29, 1.82) is 0 Å². The van der Waals surface area contributed by atoms with E-state index in [4.69, 9.17) is 17.3 Å². The number of halogens is 2. The summed E-state index contributed by atoms with van der Waals surface area (Å²) in [6, 6.07) is 5.50. The quantitative estimate of drug-likeness (QED) is 0.528. The van der Waals surface area contributed by atoms with Crippen LogP contribution in [0.4, 0.5) is 5.69 Å². The second-order valence-electron chi connectivity index (χ2n) is 2.70. The molecule has 2 nitrogen and oxygen atoms in total. The number of carbonyl (C=O) groups is 1. The number of alkyl halides is 1. The molecule has 0 amide bonds. The van der Waals surface area contributed by atoms with E-state index >= 15 is 0 Å². The molecule has 0 spiro atoms. The zero-order valence-electron chi connectivity index (χ0n) is 6.89. The van der Waals surface area contributed by atoms with Gasteiger partial charge in [-0.05, 0) is 40.3 Å². The third kappa shape index (κ3) is 3.15. The summed E-state index contributed by atoms with van der Waals surface area (Å²) >= 11 is 7.57. The molecule has 0 radical (unpaired) electrons. The predicted octanol–water partition coefficient (Wildman–Crippen LogP) is 2.22. The van der Waals surface area contributed by atoms with Crippen molar-refractivity contribution in [2.24, 2.45) is 0 Å². The van der Waals surface area contributed by atoms with E-state index in [0.717, 1.165) is 9.13 Å². The van der Waals surface area contributed by atoms with Crippen LogP contribution in [0, 0.1) is 3.57 Å². The summed E-state index contributed by atoms with van der Waals surface area (Å²) in [7, 11) is 0. The highest BCUT2D eigenvalue weighted by Gasteiger charge is 2.05. The standard InChI is InChI=1S/C9H9ClINO/c10-5-8(13)3-6-1-2-7(12)4-9(6)11/h1-2,4H,3,5,12H2. The molecule has 0 heterocycles. The number of hydrogen-bond acceptors (Lipinski definition) is 2. The Hall–Kier alpha value is -0.290. The smallest absolute Gasteiger partial charge is 0.151 e. The van der Waals surface area contributed by atoms with Crippen molar-refractivity contribution in [3.8, 4) is 0 Å². The summed E-state index contributed by atoms with van der Waals surface area (Å²) in [6.45, 7) is 0. The van der Waals surface area contributed by atoms with Gasteiger partial charge < -0.3 is 5.73 Å². The van der Waals surface area contributed by atoms with Crippen LogP contribution in [0.5, 0.6) is 0 Å². The van der Waals surface area contributed by atoms with Gasteiger partial charge in [0.15, 0.2) is 5.78 Å². The van der Waals surface area contributed by atoms with E-state index in [1.807, 2.05) is 12.1 Å². The molecule has 70 valence electrons. The molecule has 0 aliphatic carbocycles. The average Bonchev–Trinajstić information content (AvgIpc) is 2.09. The molecule has 0 aliphatic rings. The Morgan fingerprint density at radius 1 is 1.54 bits per heavy atom. The van der Waals surface area contributed by atoms with Crippen LogP contribution in [-0.2, 0) is 11.2 Å². The summed E-state index contributed by atoms with van der Waals surface area (Å²) in [4.78, 5) is 11.1. The molecule has 0 fully saturated rings. The Balaban J connectivity index is 2.83. The van der Waals surface area contributed by atoms with Crippen molar-refractivity contribution in [3.05, 3.63) is 27.3 Å². The van der Waals surface area contributed by atoms with E-state index in [1.165, 1.54) is 0 Å². The Bertz CT molecular complexity index is 327. The van der Waals surface area contributed by atoms with Crippen LogP contribution in [-0.4, -0.2) is 11.7 Å². The van der Waals surface area contributed by atoms with Crippen molar-refractivity contribution >= 4 is 45.7 Å². The predicted molar refractivity (Wildman–Crippen MR) is 63.0 cm³/mol. The van der Waals surface area contributed by atoms with Gasteiger partial charge in [0.1, 0.15) is 0 Å². The molecule has 0 unspecified atom stereocenters. The highest BCUT2D eigenvalue weighted by molar-refractivity contribution is 14.1. The molecule has 0 saturated heterocycles. The highest BCUT2D eigenvalue weighted by Crippen LogP contribution is 2.16. The lowest BCUT2D eigenvalue weighted by Crippen LogP contribution is -2.05. The zero-order chi connectivity index (χ0) is 9.84. The molecular formula is C9H9ClINO. The van der Waals surface area contributed by atoms with Gasteiger partial charge in [-0.1, -0.05) is 6.07 Å². The first-order valence-corrected chi connectivity index (χ1v) is 5.36. The number of hydrogen-bond donors (Lipinski definition) is 1. The molecular weight excluding hydrogens is 300 g/mol. The van der Waals surface area contributed by atoms with E-state index in [2.05, 4.69) is 22.6 Å². The van der Waals surface area contributed by atoms with E-state index < -0.39 is 0 Å². The summed E-state index contributed by atoms with van der Waals surface area (Å²) < 4.78 is 1.01. The fourth-order valence-electron chi connectivity index (χ4n) is 0.967.